The summed E-state index contributed by atoms with van der Waals surface area (Å²) in [5.41, 5.74) is 5.63. The number of aromatic nitrogens is 2. The average molecular weight is 221 g/mol. The molecule has 2 rings (SSSR count). The van der Waals surface area contributed by atoms with Crippen molar-refractivity contribution in [2.24, 2.45) is 5.92 Å². The van der Waals surface area contributed by atoms with Gasteiger partial charge >= 0.3 is 0 Å². The van der Waals surface area contributed by atoms with E-state index in [9.17, 15) is 0 Å². The molecule has 0 amide bonds. The summed E-state index contributed by atoms with van der Waals surface area (Å²) in [4.78, 5) is 8.24. The molecule has 1 fully saturated rings. The van der Waals surface area contributed by atoms with Gasteiger partial charge in [0.15, 0.2) is 0 Å². The van der Waals surface area contributed by atoms with Gasteiger partial charge in [-0.25, -0.2) is 0 Å². The van der Waals surface area contributed by atoms with Gasteiger partial charge in [0.25, 0.3) is 0 Å². The number of nitrogen functional groups attached to an aromatic ring is 1. The molecule has 0 saturated heterocycles. The Kier molecular flexibility index (Phi) is 3.12. The largest absolute Gasteiger partial charge is 0.373 e. The normalized spacial score (nSPS) is 24.4. The Hall–Kier alpha value is -1.52. The van der Waals surface area contributed by atoms with Gasteiger partial charge in [0.2, 0.25) is 5.95 Å². The summed E-state index contributed by atoms with van der Waals surface area (Å²) < 4.78 is 0. The molecule has 16 heavy (non-hydrogen) atoms. The molecule has 5 nitrogen and oxygen atoms in total. The molecule has 1 saturated carbocycles. The van der Waals surface area contributed by atoms with Crippen LogP contribution in [0.15, 0.2) is 6.07 Å². The van der Waals surface area contributed by atoms with E-state index in [0.29, 0.717) is 12.0 Å². The summed E-state index contributed by atoms with van der Waals surface area (Å²) in [5, 5.41) is 6.39. The van der Waals surface area contributed by atoms with Crippen molar-refractivity contribution in [3.05, 3.63) is 6.07 Å². The lowest BCUT2D eigenvalue weighted by Gasteiger charge is -2.14. The fourth-order valence-corrected chi connectivity index (χ4v) is 2.22. The van der Waals surface area contributed by atoms with Crippen molar-refractivity contribution in [1.29, 1.82) is 0 Å². The van der Waals surface area contributed by atoms with Crippen LogP contribution in [0.2, 0.25) is 0 Å². The molecule has 0 radical (unpaired) electrons. The summed E-state index contributed by atoms with van der Waals surface area (Å²) in [6.07, 6.45) is 3.70. The van der Waals surface area contributed by atoms with Gasteiger partial charge in [-0.2, -0.15) is 9.97 Å². The van der Waals surface area contributed by atoms with Gasteiger partial charge in [0, 0.05) is 19.2 Å². The van der Waals surface area contributed by atoms with E-state index >= 15 is 0 Å². The molecule has 1 aliphatic carbocycles. The minimum Gasteiger partial charge on any atom is -0.373 e. The lowest BCUT2D eigenvalue weighted by atomic mass is 10.1. The molecule has 1 aromatic rings. The fourth-order valence-electron chi connectivity index (χ4n) is 2.22. The SMILES string of the molecule is CNc1cc(NC2CCC(C)C2)nc(N)n1. The zero-order chi connectivity index (χ0) is 11.5. The molecule has 2 atom stereocenters. The number of anilines is 3. The summed E-state index contributed by atoms with van der Waals surface area (Å²) in [6.45, 7) is 2.29. The molecule has 0 aliphatic heterocycles. The van der Waals surface area contributed by atoms with E-state index in [2.05, 4.69) is 27.5 Å². The Labute approximate surface area is 95.9 Å². The number of nitrogens with two attached hydrogens (primary N) is 1. The van der Waals surface area contributed by atoms with Crippen molar-refractivity contribution in [2.45, 2.75) is 32.2 Å². The van der Waals surface area contributed by atoms with E-state index in [4.69, 9.17) is 5.73 Å². The van der Waals surface area contributed by atoms with E-state index in [1.807, 2.05) is 13.1 Å². The van der Waals surface area contributed by atoms with E-state index in [1.54, 1.807) is 0 Å². The van der Waals surface area contributed by atoms with Gasteiger partial charge in [-0.15, -0.1) is 0 Å². The first-order valence-electron chi connectivity index (χ1n) is 5.76. The molecule has 0 aromatic carbocycles. The Balaban J connectivity index is 2.06. The van der Waals surface area contributed by atoms with Crippen LogP contribution >= 0.6 is 0 Å². The van der Waals surface area contributed by atoms with Gasteiger partial charge in [-0.3, -0.25) is 0 Å². The van der Waals surface area contributed by atoms with Crippen molar-refractivity contribution in [2.75, 3.05) is 23.4 Å². The second-order valence-electron chi connectivity index (χ2n) is 4.51. The maximum Gasteiger partial charge on any atom is 0.223 e. The number of hydrogen-bond donors (Lipinski definition) is 3. The van der Waals surface area contributed by atoms with Crippen LogP contribution in [0, 0.1) is 5.92 Å². The molecule has 88 valence electrons. The van der Waals surface area contributed by atoms with Crippen LogP contribution < -0.4 is 16.4 Å². The molecular formula is C11H19N5. The quantitative estimate of drug-likeness (QED) is 0.724. The molecule has 1 heterocycles. The molecule has 1 aliphatic rings. The van der Waals surface area contributed by atoms with Crippen LogP contribution in [0.1, 0.15) is 26.2 Å². The number of nitrogens with zero attached hydrogens (tertiary/aromatic N) is 2. The first-order valence-corrected chi connectivity index (χ1v) is 5.76. The van der Waals surface area contributed by atoms with E-state index in [1.165, 1.54) is 19.3 Å². The molecule has 4 N–H and O–H groups in total. The van der Waals surface area contributed by atoms with Crippen molar-refractivity contribution in [3.63, 3.8) is 0 Å². The zero-order valence-electron chi connectivity index (χ0n) is 9.83. The van der Waals surface area contributed by atoms with Crippen LogP contribution in [0.3, 0.4) is 0 Å². The number of nitrogens with one attached hydrogen (secondary N) is 2. The first-order chi connectivity index (χ1) is 7.67. The number of hydrogen-bond acceptors (Lipinski definition) is 5. The smallest absolute Gasteiger partial charge is 0.223 e. The standard InChI is InChI=1S/C11H19N5/c1-7-3-4-8(5-7)14-10-6-9(13-2)15-11(12)16-10/h6-8H,3-5H2,1-2H3,(H4,12,13,14,15,16). The van der Waals surface area contributed by atoms with Crippen LogP contribution in [0.5, 0.6) is 0 Å². The highest BCUT2D eigenvalue weighted by Crippen LogP contribution is 2.27. The fraction of sp³-hybridized carbons (Fsp3) is 0.636. The Bertz CT molecular complexity index is 365. The third kappa shape index (κ3) is 2.53. The highest BCUT2D eigenvalue weighted by molar-refractivity contribution is 5.51. The summed E-state index contributed by atoms with van der Waals surface area (Å²) in [7, 11) is 1.82. The molecule has 0 spiro atoms. The molecular weight excluding hydrogens is 202 g/mol. The van der Waals surface area contributed by atoms with Crippen LogP contribution in [-0.2, 0) is 0 Å². The van der Waals surface area contributed by atoms with Crippen LogP contribution in [0.4, 0.5) is 17.6 Å². The molecule has 0 bridgehead atoms. The lowest BCUT2D eigenvalue weighted by molar-refractivity contribution is 0.602. The van der Waals surface area contributed by atoms with Gasteiger partial charge in [-0.05, 0) is 25.2 Å². The maximum absolute atomic E-state index is 5.63. The second-order valence-corrected chi connectivity index (χ2v) is 4.51. The zero-order valence-corrected chi connectivity index (χ0v) is 9.83. The van der Waals surface area contributed by atoms with Crippen LogP contribution in [-0.4, -0.2) is 23.1 Å². The average Bonchev–Trinajstić information content (AvgIpc) is 2.63. The Morgan fingerprint density at radius 3 is 2.69 bits per heavy atom. The highest BCUT2D eigenvalue weighted by Gasteiger charge is 2.21. The monoisotopic (exact) mass is 221 g/mol. The predicted molar refractivity (Wildman–Crippen MR) is 66.4 cm³/mol. The van der Waals surface area contributed by atoms with E-state index < -0.39 is 0 Å². The third-order valence-electron chi connectivity index (χ3n) is 3.05. The van der Waals surface area contributed by atoms with Gasteiger partial charge < -0.3 is 16.4 Å². The summed E-state index contributed by atoms with van der Waals surface area (Å²) >= 11 is 0. The molecule has 1 aromatic heterocycles. The van der Waals surface area contributed by atoms with Crippen molar-refractivity contribution >= 4 is 17.6 Å². The van der Waals surface area contributed by atoms with Gasteiger partial charge in [0.1, 0.15) is 11.6 Å². The van der Waals surface area contributed by atoms with Crippen molar-refractivity contribution in [1.82, 2.24) is 9.97 Å². The van der Waals surface area contributed by atoms with Crippen LogP contribution in [0.25, 0.3) is 0 Å². The van der Waals surface area contributed by atoms with E-state index in [-0.39, 0.29) is 0 Å². The highest BCUT2D eigenvalue weighted by atomic mass is 15.1. The number of rotatable bonds is 3. The maximum atomic E-state index is 5.63. The molecule has 2 unspecified atom stereocenters. The van der Waals surface area contributed by atoms with Gasteiger partial charge in [-0.1, -0.05) is 6.92 Å². The summed E-state index contributed by atoms with van der Waals surface area (Å²) in [5.74, 6) is 2.68. The van der Waals surface area contributed by atoms with E-state index in [0.717, 1.165) is 17.6 Å². The Morgan fingerprint density at radius 1 is 1.31 bits per heavy atom. The minimum atomic E-state index is 0.306. The van der Waals surface area contributed by atoms with Gasteiger partial charge in [0.05, 0.1) is 0 Å². The van der Waals surface area contributed by atoms with Crippen molar-refractivity contribution < 1.29 is 0 Å². The van der Waals surface area contributed by atoms with Crippen molar-refractivity contribution in [3.8, 4) is 0 Å². The predicted octanol–water partition coefficient (Wildman–Crippen LogP) is 1.70. The minimum absolute atomic E-state index is 0.306. The second kappa shape index (κ2) is 4.55. The lowest BCUT2D eigenvalue weighted by Crippen LogP contribution is -2.17. The third-order valence-corrected chi connectivity index (χ3v) is 3.05. The topological polar surface area (TPSA) is 75.9 Å². The first kappa shape index (κ1) is 11.0. The Morgan fingerprint density at radius 2 is 2.06 bits per heavy atom. The molecule has 5 heteroatoms. The summed E-state index contributed by atoms with van der Waals surface area (Å²) in [6, 6.07) is 2.41.